The van der Waals surface area contributed by atoms with Crippen LogP contribution in [-0.4, -0.2) is 83.8 Å². The first-order valence-corrected chi connectivity index (χ1v) is 14.1. The Hall–Kier alpha value is -3.26. The minimum absolute atomic E-state index is 0.00122. The van der Waals surface area contributed by atoms with E-state index in [1.807, 2.05) is 0 Å². The number of hydrogen-bond donors (Lipinski definition) is 0. The quantitative estimate of drug-likeness (QED) is 0.448. The summed E-state index contributed by atoms with van der Waals surface area (Å²) in [5, 5.41) is 0. The predicted molar refractivity (Wildman–Crippen MR) is 148 cm³/mol. The molecule has 2 heterocycles. The van der Waals surface area contributed by atoms with Gasteiger partial charge in [0, 0.05) is 30.5 Å². The second-order valence-electron chi connectivity index (χ2n) is 11.8. The molecule has 1 aromatic heterocycles. The van der Waals surface area contributed by atoms with Gasteiger partial charge in [-0.3, -0.25) is 14.7 Å². The van der Waals surface area contributed by atoms with Gasteiger partial charge in [0.2, 0.25) is 0 Å². The zero-order valence-corrected chi connectivity index (χ0v) is 23.4. The average molecular weight is 533 g/mol. The van der Waals surface area contributed by atoms with Crippen molar-refractivity contribution in [2.75, 3.05) is 40.8 Å². The average Bonchev–Trinajstić information content (AvgIpc) is 3.16. The van der Waals surface area contributed by atoms with Gasteiger partial charge in [-0.2, -0.15) is 0 Å². The van der Waals surface area contributed by atoms with Crippen LogP contribution in [0.4, 0.5) is 4.79 Å². The van der Waals surface area contributed by atoms with Crippen molar-refractivity contribution >= 4 is 17.8 Å². The SMILES string of the molecule is COC(=O)c1ccc(CC(=O)CN2CC3(CCC(c4ccccc4)(N(C)C)CC3)N(CC3CCC3)C2=O)nc1. The number of esters is 1. The molecule has 0 radical (unpaired) electrons. The zero-order valence-electron chi connectivity index (χ0n) is 23.4. The Morgan fingerprint density at radius 2 is 1.77 bits per heavy atom. The number of carbonyl (C=O) groups is 3. The third-order valence-electron chi connectivity index (χ3n) is 9.39. The van der Waals surface area contributed by atoms with Crippen LogP contribution >= 0.6 is 0 Å². The van der Waals surface area contributed by atoms with Gasteiger partial charge in [-0.25, -0.2) is 9.59 Å². The molecule has 0 atom stereocenters. The van der Waals surface area contributed by atoms with Crippen LogP contribution in [0.15, 0.2) is 48.7 Å². The molecule has 1 aliphatic heterocycles. The molecule has 2 amide bonds. The molecule has 8 heteroatoms. The molecule has 5 rings (SSSR count). The number of rotatable bonds is 9. The Morgan fingerprint density at radius 3 is 2.33 bits per heavy atom. The van der Waals surface area contributed by atoms with Gasteiger partial charge >= 0.3 is 12.0 Å². The molecule has 2 aliphatic carbocycles. The van der Waals surface area contributed by atoms with Gasteiger partial charge in [0.15, 0.2) is 5.78 Å². The lowest BCUT2D eigenvalue weighted by Crippen LogP contribution is -2.56. The maximum absolute atomic E-state index is 13.8. The molecule has 0 unspecified atom stereocenters. The maximum atomic E-state index is 13.8. The topological polar surface area (TPSA) is 83.1 Å². The predicted octanol–water partition coefficient (Wildman–Crippen LogP) is 4.29. The normalized spacial score (nSPS) is 25.3. The van der Waals surface area contributed by atoms with Crippen molar-refractivity contribution in [1.29, 1.82) is 0 Å². The van der Waals surface area contributed by atoms with Crippen LogP contribution in [0.25, 0.3) is 0 Å². The summed E-state index contributed by atoms with van der Waals surface area (Å²) >= 11 is 0. The number of Topliss-reactive ketones (excluding diaryl/α,β-unsaturated/α-hetero) is 1. The Labute approximate surface area is 231 Å². The Bertz CT molecular complexity index is 1180. The molecule has 1 spiro atoms. The third kappa shape index (κ3) is 5.31. The second-order valence-corrected chi connectivity index (χ2v) is 11.8. The summed E-state index contributed by atoms with van der Waals surface area (Å²) in [5.74, 6) is 0.0524. The first-order valence-electron chi connectivity index (χ1n) is 14.1. The van der Waals surface area contributed by atoms with Crippen molar-refractivity contribution in [1.82, 2.24) is 19.7 Å². The standard InChI is InChI=1S/C31H40N4O4/c1-33(2)31(25-10-5-4-6-11-25)16-14-30(15-17-31)22-34(29(38)35(30)20-23-8-7-9-23)21-27(36)18-26-13-12-24(19-32-26)28(37)39-3/h4-6,10-13,19,23H,7-9,14-18,20-22H2,1-3H3. The molecule has 0 bridgehead atoms. The molecule has 2 saturated carbocycles. The molecular formula is C31H40N4O4. The van der Waals surface area contributed by atoms with Crippen molar-refractivity contribution in [3.63, 3.8) is 0 Å². The summed E-state index contributed by atoms with van der Waals surface area (Å²) in [6.07, 6.45) is 8.92. The largest absolute Gasteiger partial charge is 0.465 e. The third-order valence-corrected chi connectivity index (χ3v) is 9.39. The molecule has 3 aliphatic rings. The van der Waals surface area contributed by atoms with Crippen molar-refractivity contribution in [3.05, 3.63) is 65.5 Å². The lowest BCUT2D eigenvalue weighted by atomic mass is 9.68. The van der Waals surface area contributed by atoms with E-state index in [9.17, 15) is 14.4 Å². The van der Waals surface area contributed by atoms with Crippen LogP contribution in [-0.2, 0) is 21.5 Å². The van der Waals surface area contributed by atoms with Gasteiger partial charge in [-0.1, -0.05) is 36.8 Å². The van der Waals surface area contributed by atoms with Crippen molar-refractivity contribution in [3.8, 4) is 0 Å². The van der Waals surface area contributed by atoms with Gasteiger partial charge in [0.05, 0.1) is 31.2 Å². The number of methoxy groups -OCH3 is 1. The highest BCUT2D eigenvalue weighted by atomic mass is 16.5. The van der Waals surface area contributed by atoms with Crippen LogP contribution in [0, 0.1) is 5.92 Å². The molecular weight excluding hydrogens is 492 g/mol. The molecule has 1 saturated heterocycles. The first kappa shape index (κ1) is 27.3. The lowest BCUT2D eigenvalue weighted by molar-refractivity contribution is -0.119. The lowest BCUT2D eigenvalue weighted by Gasteiger charge is -2.51. The number of aromatic nitrogens is 1. The highest BCUT2D eigenvalue weighted by Gasteiger charge is 2.55. The first-order chi connectivity index (χ1) is 18.8. The van der Waals surface area contributed by atoms with Gasteiger partial charge in [0.1, 0.15) is 0 Å². The van der Waals surface area contributed by atoms with Gasteiger partial charge in [-0.15, -0.1) is 0 Å². The van der Waals surface area contributed by atoms with Gasteiger partial charge in [-0.05, 0) is 76.2 Å². The number of benzene rings is 1. The number of ketones is 1. The van der Waals surface area contributed by atoms with E-state index in [-0.39, 0.29) is 35.9 Å². The van der Waals surface area contributed by atoms with Crippen molar-refractivity contribution in [2.24, 2.45) is 5.92 Å². The Morgan fingerprint density at radius 1 is 1.05 bits per heavy atom. The van der Waals surface area contributed by atoms with E-state index >= 15 is 0 Å². The highest BCUT2D eigenvalue weighted by Crippen LogP contribution is 2.49. The Balaban J connectivity index is 1.30. The fourth-order valence-corrected chi connectivity index (χ4v) is 6.75. The highest BCUT2D eigenvalue weighted by molar-refractivity contribution is 5.90. The van der Waals surface area contributed by atoms with Crippen LogP contribution < -0.4 is 0 Å². The van der Waals surface area contributed by atoms with E-state index < -0.39 is 5.97 Å². The second kappa shape index (κ2) is 11.1. The van der Waals surface area contributed by atoms with Crippen molar-refractivity contribution in [2.45, 2.75) is 62.4 Å². The number of amides is 2. The number of ether oxygens (including phenoxy) is 1. The molecule has 0 N–H and O–H groups in total. The van der Waals surface area contributed by atoms with Crippen LogP contribution in [0.5, 0.6) is 0 Å². The van der Waals surface area contributed by atoms with Crippen molar-refractivity contribution < 1.29 is 19.1 Å². The number of nitrogens with zero attached hydrogens (tertiary/aromatic N) is 4. The minimum Gasteiger partial charge on any atom is -0.465 e. The molecule has 8 nitrogen and oxygen atoms in total. The summed E-state index contributed by atoms with van der Waals surface area (Å²) < 4.78 is 4.72. The molecule has 3 fully saturated rings. The molecule has 208 valence electrons. The number of pyridine rings is 1. The fourth-order valence-electron chi connectivity index (χ4n) is 6.75. The summed E-state index contributed by atoms with van der Waals surface area (Å²) in [7, 11) is 5.64. The van der Waals surface area contributed by atoms with E-state index in [4.69, 9.17) is 4.74 Å². The minimum atomic E-state index is -0.460. The van der Waals surface area contributed by atoms with E-state index in [0.717, 1.165) is 32.2 Å². The molecule has 2 aromatic rings. The van der Waals surface area contributed by atoms with E-state index in [1.54, 1.807) is 17.0 Å². The van der Waals surface area contributed by atoms with E-state index in [2.05, 4.69) is 59.2 Å². The Kier molecular flexibility index (Phi) is 7.76. The monoisotopic (exact) mass is 532 g/mol. The van der Waals surface area contributed by atoms with Crippen LogP contribution in [0.3, 0.4) is 0 Å². The van der Waals surface area contributed by atoms with E-state index in [0.29, 0.717) is 23.7 Å². The van der Waals surface area contributed by atoms with Gasteiger partial charge < -0.3 is 14.5 Å². The molecule has 1 aromatic carbocycles. The smallest absolute Gasteiger partial charge is 0.339 e. The zero-order chi connectivity index (χ0) is 27.6. The fraction of sp³-hybridized carbons (Fsp3) is 0.548. The van der Waals surface area contributed by atoms with Crippen LogP contribution in [0.1, 0.15) is 66.6 Å². The summed E-state index contributed by atoms with van der Waals surface area (Å²) in [6.45, 7) is 1.47. The number of hydrogen-bond acceptors (Lipinski definition) is 6. The summed E-state index contributed by atoms with van der Waals surface area (Å²) in [5.41, 5.74) is 1.97. The van der Waals surface area contributed by atoms with Crippen LogP contribution in [0.2, 0.25) is 0 Å². The van der Waals surface area contributed by atoms with E-state index in [1.165, 1.54) is 38.1 Å². The molecule has 39 heavy (non-hydrogen) atoms. The number of urea groups is 1. The summed E-state index contributed by atoms with van der Waals surface area (Å²) in [4.78, 5) is 49.1. The maximum Gasteiger partial charge on any atom is 0.339 e. The summed E-state index contributed by atoms with van der Waals surface area (Å²) in [6, 6.07) is 14.0. The number of carbonyl (C=O) groups excluding carboxylic acids is 3. The van der Waals surface area contributed by atoms with Gasteiger partial charge in [0.25, 0.3) is 0 Å².